The number of fused-ring (bicyclic) bond motifs is 4. The number of aryl methyl sites for hydroxylation is 1. The molecule has 0 radical (unpaired) electrons. The van der Waals surface area contributed by atoms with Gasteiger partial charge in [-0.25, -0.2) is 0 Å². The van der Waals surface area contributed by atoms with Gasteiger partial charge in [0.2, 0.25) is 0 Å². The number of hydrogen-bond donors (Lipinski definition) is 0. The molecule has 0 spiro atoms. The van der Waals surface area contributed by atoms with E-state index < -0.39 is 79.6 Å². The summed E-state index contributed by atoms with van der Waals surface area (Å²) in [6, 6.07) is 24.1. The maximum absolute atomic E-state index is 9.30. The third-order valence-corrected chi connectivity index (χ3v) is 12.4. The van der Waals surface area contributed by atoms with Crippen LogP contribution in [-0.2, 0) is 30.2 Å². The summed E-state index contributed by atoms with van der Waals surface area (Å²) in [4.78, 5) is 6.37. The second kappa shape index (κ2) is 15.9. The van der Waals surface area contributed by atoms with Crippen molar-refractivity contribution < 1.29 is 41.9 Å². The molecule has 0 saturated carbocycles. The molecule has 0 saturated heterocycles. The molecule has 7 nitrogen and oxygen atoms in total. The number of rotatable bonds is 7. The van der Waals surface area contributed by atoms with Gasteiger partial charge in [0, 0.05) is 15.7 Å². The molecule has 9 aromatic rings. The first-order valence-electron chi connectivity index (χ1n) is 27.4. The third kappa shape index (κ3) is 7.38. The zero-order valence-electron chi connectivity index (χ0n) is 49.3. The SMILES string of the molecule is [2H]c1c([2H])c([2H])c(-c2cc(C(C)(C)C)cc(-c3c([2H])c([2H])c([2H])c([2H])c3[2H])c2-n2[c](=[Pt])n(-c3cccc(Oc4ccc5c(c4)N(c4cc(C)ccn4)B(C([2H])([2H])[2H])n4nc(C(C)(C)C)cc4-5)c3)c3ccccc32)c([2H])c1[2H]. The molecule has 0 bridgehead atoms. The van der Waals surface area contributed by atoms with E-state index in [1.54, 1.807) is 33.8 Å². The third-order valence-electron chi connectivity index (χ3n) is 11.4. The van der Waals surface area contributed by atoms with E-state index >= 15 is 0 Å². The second-order valence-electron chi connectivity index (χ2n) is 17.9. The van der Waals surface area contributed by atoms with E-state index in [2.05, 4.69) is 24.3 Å². The Morgan fingerprint density at radius 1 is 0.672 bits per heavy atom. The standard InChI is InChI=1S/C55H51BN6O.Pt/c1-37-28-29-57-52(30-37)61-49-34-43(26-27-44(49)50-35-51(55(5,6)7)58-62(50)56(61)8)63-42-23-17-22-41(33-42)59-36-60(48-25-16-15-24-47(48)59)53-45(38-18-11-9-12-19-38)31-40(54(2,3)4)32-46(53)39-20-13-10-14-21-39;/h9-35H,1-8H3;/i8D3,9D,10D,11D,12D,13D,14D,18D,19D,20D,21D;. The van der Waals surface area contributed by atoms with Gasteiger partial charge in [-0.3, -0.25) is 0 Å². The summed E-state index contributed by atoms with van der Waals surface area (Å²) in [7, 11) is 0. The van der Waals surface area contributed by atoms with Gasteiger partial charge < -0.3 is 0 Å². The Kier molecular flexibility index (Phi) is 7.23. The van der Waals surface area contributed by atoms with Gasteiger partial charge in [-0.05, 0) is 18.6 Å². The number of hydrogen-bond acceptors (Lipinski definition) is 4. The summed E-state index contributed by atoms with van der Waals surface area (Å²) in [6.45, 7) is 10.0. The van der Waals surface area contributed by atoms with E-state index in [4.69, 9.17) is 22.2 Å². The molecule has 320 valence electrons. The number of aromatic nitrogens is 5. The summed E-state index contributed by atoms with van der Waals surface area (Å²) in [5.41, 5.74) is 5.29. The van der Waals surface area contributed by atoms with Crippen LogP contribution in [0, 0.1) is 10.7 Å². The molecule has 1 aliphatic heterocycles. The van der Waals surface area contributed by atoms with Crippen molar-refractivity contribution in [3.05, 3.63) is 184 Å². The molecule has 6 aromatic carbocycles. The van der Waals surface area contributed by atoms with Crippen molar-refractivity contribution in [3.63, 3.8) is 0 Å². The fourth-order valence-electron chi connectivity index (χ4n) is 8.13. The normalized spacial score (nSPS) is 15.8. The first kappa shape index (κ1) is 29.0. The summed E-state index contributed by atoms with van der Waals surface area (Å²) >= 11 is 2.15. The van der Waals surface area contributed by atoms with Gasteiger partial charge in [0.05, 0.1) is 5.69 Å². The number of para-hydroxylation sites is 2. The minimum absolute atomic E-state index is 0.132. The molecule has 0 atom stereocenters. The van der Waals surface area contributed by atoms with Crippen molar-refractivity contribution in [2.75, 3.05) is 4.81 Å². The van der Waals surface area contributed by atoms with Crippen LogP contribution in [-0.4, -0.2) is 30.8 Å². The van der Waals surface area contributed by atoms with Crippen LogP contribution in [0.4, 0.5) is 11.5 Å². The van der Waals surface area contributed by atoms with Crippen LogP contribution in [0.15, 0.2) is 164 Å². The maximum atomic E-state index is 9.30. The van der Waals surface area contributed by atoms with Crippen LogP contribution in [0.25, 0.3) is 55.9 Å². The quantitative estimate of drug-likeness (QED) is 0.149. The van der Waals surface area contributed by atoms with Gasteiger partial charge in [-0.15, -0.1) is 0 Å². The van der Waals surface area contributed by atoms with E-state index in [1.165, 1.54) is 0 Å². The number of pyridine rings is 1. The molecule has 1 aliphatic rings. The average Bonchev–Trinajstić information content (AvgIpc) is 4.22. The number of anilines is 2. The first-order chi connectivity index (χ1) is 36.1. The molecular weight excluding hydrogens is 967 g/mol. The zero-order chi connectivity index (χ0) is 55.7. The van der Waals surface area contributed by atoms with Crippen LogP contribution in [0.1, 0.15) is 76.2 Å². The Morgan fingerprint density at radius 2 is 1.33 bits per heavy atom. The fraction of sp³-hybridized carbons (Fsp3) is 0.182. The molecule has 3 aromatic heterocycles. The van der Waals surface area contributed by atoms with Crippen molar-refractivity contribution in [3.8, 4) is 56.4 Å². The monoisotopic (exact) mass is 1030 g/mol. The Hall–Kier alpha value is -6.50. The van der Waals surface area contributed by atoms with Gasteiger partial charge in [-0.1, -0.05) is 20.8 Å². The van der Waals surface area contributed by atoms with Gasteiger partial charge >= 0.3 is 341 Å². The number of imidazole rings is 1. The molecule has 0 aliphatic carbocycles. The molecule has 0 N–H and O–H groups in total. The van der Waals surface area contributed by atoms with Crippen LogP contribution in [0.2, 0.25) is 6.75 Å². The van der Waals surface area contributed by atoms with Crippen molar-refractivity contribution in [2.24, 2.45) is 0 Å². The molecule has 10 rings (SSSR count). The van der Waals surface area contributed by atoms with Crippen molar-refractivity contribution >= 4 is 29.5 Å². The molecule has 4 heterocycles. The Balaban J connectivity index is 1.20. The average molecular weight is 1030 g/mol. The van der Waals surface area contributed by atoms with Crippen molar-refractivity contribution in [1.82, 2.24) is 23.8 Å². The Morgan fingerprint density at radius 3 is 1.95 bits per heavy atom. The molecule has 0 amide bonds. The fourth-order valence-corrected chi connectivity index (χ4v) is 9.23. The summed E-state index contributed by atoms with van der Waals surface area (Å²) in [6.07, 6.45) is 1.65. The minimum atomic E-state index is -2.56. The molecule has 0 unspecified atom stereocenters. The Labute approximate surface area is 405 Å². The second-order valence-corrected chi connectivity index (χ2v) is 18.9. The van der Waals surface area contributed by atoms with E-state index in [0.29, 0.717) is 54.8 Å². The first-order valence-corrected chi connectivity index (χ1v) is 22.0. The summed E-state index contributed by atoms with van der Waals surface area (Å²) in [5.74, 6) is 1.24. The van der Waals surface area contributed by atoms with Crippen LogP contribution in [0.3, 0.4) is 0 Å². The number of benzene rings is 6. The van der Waals surface area contributed by atoms with Crippen LogP contribution in [0.5, 0.6) is 11.5 Å². The van der Waals surface area contributed by atoms with E-state index in [9.17, 15) is 5.48 Å². The summed E-state index contributed by atoms with van der Waals surface area (Å²) < 4.78 is 129. The van der Waals surface area contributed by atoms with Gasteiger partial charge in [-0.2, -0.15) is 5.10 Å². The predicted octanol–water partition coefficient (Wildman–Crippen LogP) is 13.9. The predicted molar refractivity (Wildman–Crippen MR) is 260 cm³/mol. The van der Waals surface area contributed by atoms with Gasteiger partial charge in [0.25, 0.3) is 0 Å². The molecule has 9 heteroatoms. The van der Waals surface area contributed by atoms with Gasteiger partial charge in [0.1, 0.15) is 0 Å². The van der Waals surface area contributed by atoms with Crippen LogP contribution < -0.4 is 9.55 Å². The van der Waals surface area contributed by atoms with Crippen molar-refractivity contribution in [2.45, 2.75) is 66.0 Å². The van der Waals surface area contributed by atoms with E-state index in [-0.39, 0.29) is 33.4 Å². The van der Waals surface area contributed by atoms with Crippen molar-refractivity contribution in [1.29, 1.82) is 0 Å². The molecule has 0 fully saturated rings. The zero-order valence-corrected chi connectivity index (χ0v) is 38.6. The van der Waals surface area contributed by atoms with Crippen LogP contribution >= 0.6 is 0 Å². The number of ether oxygens (including phenoxy) is 1. The van der Waals surface area contributed by atoms with E-state index in [0.717, 1.165) is 16.8 Å². The number of nitrogens with zero attached hydrogens (tertiary/aromatic N) is 6. The molecule has 64 heavy (non-hydrogen) atoms. The van der Waals surface area contributed by atoms with Gasteiger partial charge in [0.15, 0.2) is 0 Å². The van der Waals surface area contributed by atoms with E-state index in [1.807, 2.05) is 136 Å². The Bertz CT molecular complexity index is 3860. The summed E-state index contributed by atoms with van der Waals surface area (Å²) in [5, 5.41) is 4.91. The molecular formula is C55H51BN6OPt. The topological polar surface area (TPSA) is 53.0 Å².